The SMILES string of the molecule is Cc1cccc(-n2cc(CCCCN)nn2)c1C. The Bertz CT molecular complexity index is 516. The van der Waals surface area contributed by atoms with Crippen LogP contribution in [0.4, 0.5) is 0 Å². The van der Waals surface area contributed by atoms with E-state index >= 15 is 0 Å². The molecule has 0 amide bonds. The summed E-state index contributed by atoms with van der Waals surface area (Å²) < 4.78 is 1.86. The molecule has 1 aromatic heterocycles. The molecule has 0 spiro atoms. The molecule has 0 aliphatic heterocycles. The fourth-order valence-corrected chi connectivity index (χ4v) is 1.96. The van der Waals surface area contributed by atoms with Gasteiger partial charge in [-0.2, -0.15) is 0 Å². The Hall–Kier alpha value is -1.68. The van der Waals surface area contributed by atoms with E-state index in [9.17, 15) is 0 Å². The lowest BCUT2D eigenvalue weighted by atomic mass is 10.1. The summed E-state index contributed by atoms with van der Waals surface area (Å²) in [4.78, 5) is 0. The molecule has 0 saturated carbocycles. The standard InChI is InChI=1S/C14H20N4/c1-11-6-5-8-14(12(11)2)18-10-13(16-17-18)7-3-4-9-15/h5-6,8,10H,3-4,7,9,15H2,1-2H3. The number of rotatable bonds is 5. The van der Waals surface area contributed by atoms with Crippen molar-refractivity contribution in [3.05, 3.63) is 41.2 Å². The van der Waals surface area contributed by atoms with Gasteiger partial charge < -0.3 is 5.73 Å². The first-order valence-electron chi connectivity index (χ1n) is 6.40. The molecule has 0 unspecified atom stereocenters. The molecule has 1 aromatic carbocycles. The van der Waals surface area contributed by atoms with E-state index in [4.69, 9.17) is 5.73 Å². The van der Waals surface area contributed by atoms with Crippen molar-refractivity contribution in [2.75, 3.05) is 6.54 Å². The third-order valence-corrected chi connectivity index (χ3v) is 3.25. The summed E-state index contributed by atoms with van der Waals surface area (Å²) in [6.45, 7) is 4.96. The molecule has 0 bridgehead atoms. The molecule has 2 N–H and O–H groups in total. The lowest BCUT2D eigenvalue weighted by molar-refractivity contribution is 0.727. The quantitative estimate of drug-likeness (QED) is 0.820. The number of hydrogen-bond acceptors (Lipinski definition) is 3. The first kappa shape index (κ1) is 12.8. The predicted octanol–water partition coefficient (Wildman–Crippen LogP) is 2.17. The van der Waals surface area contributed by atoms with Crippen molar-refractivity contribution in [3.63, 3.8) is 0 Å². The van der Waals surface area contributed by atoms with E-state index in [-0.39, 0.29) is 0 Å². The molecule has 18 heavy (non-hydrogen) atoms. The van der Waals surface area contributed by atoms with Crippen LogP contribution in [0.2, 0.25) is 0 Å². The fraction of sp³-hybridized carbons (Fsp3) is 0.429. The minimum absolute atomic E-state index is 0.741. The van der Waals surface area contributed by atoms with Crippen molar-refractivity contribution in [1.29, 1.82) is 0 Å². The van der Waals surface area contributed by atoms with Crippen molar-refractivity contribution in [3.8, 4) is 5.69 Å². The minimum Gasteiger partial charge on any atom is -0.330 e. The van der Waals surface area contributed by atoms with Gasteiger partial charge in [0.1, 0.15) is 0 Å². The third kappa shape index (κ3) is 2.76. The summed E-state index contributed by atoms with van der Waals surface area (Å²) >= 11 is 0. The molecule has 0 aliphatic rings. The van der Waals surface area contributed by atoms with E-state index in [1.165, 1.54) is 11.1 Å². The largest absolute Gasteiger partial charge is 0.330 e. The molecule has 0 radical (unpaired) electrons. The van der Waals surface area contributed by atoms with Gasteiger partial charge in [0.2, 0.25) is 0 Å². The molecular weight excluding hydrogens is 224 g/mol. The lowest BCUT2D eigenvalue weighted by Gasteiger charge is -2.06. The van der Waals surface area contributed by atoms with Crippen LogP contribution >= 0.6 is 0 Å². The number of aryl methyl sites for hydroxylation is 2. The van der Waals surface area contributed by atoms with Gasteiger partial charge in [0, 0.05) is 0 Å². The number of hydrogen-bond donors (Lipinski definition) is 1. The maximum atomic E-state index is 5.48. The van der Waals surface area contributed by atoms with E-state index in [1.807, 2.05) is 16.9 Å². The van der Waals surface area contributed by atoms with Crippen LogP contribution in [0.3, 0.4) is 0 Å². The maximum absolute atomic E-state index is 5.48. The first-order chi connectivity index (χ1) is 8.72. The zero-order chi connectivity index (χ0) is 13.0. The Morgan fingerprint density at radius 2 is 2.06 bits per heavy atom. The number of aromatic nitrogens is 3. The van der Waals surface area contributed by atoms with Gasteiger partial charge in [0.15, 0.2) is 0 Å². The average molecular weight is 244 g/mol. The maximum Gasteiger partial charge on any atom is 0.0831 e. The van der Waals surface area contributed by atoms with Crippen LogP contribution in [0.5, 0.6) is 0 Å². The van der Waals surface area contributed by atoms with Crippen molar-refractivity contribution >= 4 is 0 Å². The summed E-state index contributed by atoms with van der Waals surface area (Å²) in [7, 11) is 0. The minimum atomic E-state index is 0.741. The highest BCUT2D eigenvalue weighted by Gasteiger charge is 2.06. The lowest BCUT2D eigenvalue weighted by Crippen LogP contribution is -1.99. The second-order valence-electron chi connectivity index (χ2n) is 4.62. The van der Waals surface area contributed by atoms with Gasteiger partial charge in [0.25, 0.3) is 0 Å². The van der Waals surface area contributed by atoms with E-state index in [1.54, 1.807) is 0 Å². The first-order valence-corrected chi connectivity index (χ1v) is 6.40. The zero-order valence-electron chi connectivity index (χ0n) is 11.1. The Kier molecular flexibility index (Phi) is 4.10. The zero-order valence-corrected chi connectivity index (χ0v) is 11.1. The van der Waals surface area contributed by atoms with Crippen LogP contribution in [0.1, 0.15) is 29.7 Å². The molecular formula is C14H20N4. The monoisotopic (exact) mass is 244 g/mol. The Balaban J connectivity index is 2.16. The van der Waals surface area contributed by atoms with Crippen LogP contribution in [0.15, 0.2) is 24.4 Å². The van der Waals surface area contributed by atoms with Crippen LogP contribution < -0.4 is 5.73 Å². The normalized spacial score (nSPS) is 10.8. The van der Waals surface area contributed by atoms with Crippen LogP contribution in [0.25, 0.3) is 5.69 Å². The van der Waals surface area contributed by atoms with Crippen molar-refractivity contribution in [2.45, 2.75) is 33.1 Å². The molecule has 0 atom stereocenters. The van der Waals surface area contributed by atoms with Gasteiger partial charge in [0.05, 0.1) is 17.6 Å². The van der Waals surface area contributed by atoms with Gasteiger partial charge >= 0.3 is 0 Å². The van der Waals surface area contributed by atoms with E-state index in [0.717, 1.165) is 37.2 Å². The number of benzene rings is 1. The van der Waals surface area contributed by atoms with E-state index < -0.39 is 0 Å². The topological polar surface area (TPSA) is 56.7 Å². The van der Waals surface area contributed by atoms with Gasteiger partial charge in [-0.1, -0.05) is 17.3 Å². The van der Waals surface area contributed by atoms with Gasteiger partial charge in [-0.25, -0.2) is 4.68 Å². The Morgan fingerprint density at radius 1 is 1.22 bits per heavy atom. The summed E-state index contributed by atoms with van der Waals surface area (Å²) in [6, 6.07) is 6.23. The van der Waals surface area contributed by atoms with Gasteiger partial charge in [-0.15, -0.1) is 5.10 Å². The summed E-state index contributed by atoms with van der Waals surface area (Å²) in [5.74, 6) is 0. The van der Waals surface area contributed by atoms with Crippen molar-refractivity contribution < 1.29 is 0 Å². The molecule has 4 nitrogen and oxygen atoms in total. The number of unbranched alkanes of at least 4 members (excludes halogenated alkanes) is 1. The molecule has 1 heterocycles. The number of nitrogens with zero attached hydrogens (tertiary/aromatic N) is 3. The Morgan fingerprint density at radius 3 is 2.83 bits per heavy atom. The second-order valence-corrected chi connectivity index (χ2v) is 4.62. The molecule has 0 saturated heterocycles. The van der Waals surface area contributed by atoms with Crippen molar-refractivity contribution in [1.82, 2.24) is 15.0 Å². The molecule has 0 aliphatic carbocycles. The highest BCUT2D eigenvalue weighted by Crippen LogP contribution is 2.16. The van der Waals surface area contributed by atoms with Gasteiger partial charge in [-0.05, 0) is 56.8 Å². The van der Waals surface area contributed by atoms with Crippen LogP contribution in [-0.2, 0) is 6.42 Å². The fourth-order valence-electron chi connectivity index (χ4n) is 1.96. The molecule has 4 heteroatoms. The molecule has 2 aromatic rings. The van der Waals surface area contributed by atoms with Gasteiger partial charge in [-0.3, -0.25) is 0 Å². The average Bonchev–Trinajstić information content (AvgIpc) is 2.82. The van der Waals surface area contributed by atoms with Crippen molar-refractivity contribution in [2.24, 2.45) is 5.73 Å². The molecule has 2 rings (SSSR count). The summed E-state index contributed by atoms with van der Waals surface area (Å²) in [5.41, 5.74) is 10.1. The second kappa shape index (κ2) is 5.78. The highest BCUT2D eigenvalue weighted by molar-refractivity contribution is 5.43. The molecule has 96 valence electrons. The van der Waals surface area contributed by atoms with E-state index in [2.05, 4.69) is 36.3 Å². The van der Waals surface area contributed by atoms with Crippen LogP contribution in [0, 0.1) is 13.8 Å². The smallest absolute Gasteiger partial charge is 0.0831 e. The van der Waals surface area contributed by atoms with Crippen LogP contribution in [-0.4, -0.2) is 21.5 Å². The molecule has 0 fully saturated rings. The summed E-state index contributed by atoms with van der Waals surface area (Å²) in [5, 5.41) is 8.41. The van der Waals surface area contributed by atoms with E-state index in [0.29, 0.717) is 0 Å². The number of nitrogens with two attached hydrogens (primary N) is 1. The summed E-state index contributed by atoms with van der Waals surface area (Å²) in [6.07, 6.45) is 5.07. The predicted molar refractivity (Wildman–Crippen MR) is 72.8 cm³/mol. The Labute approximate surface area is 108 Å². The third-order valence-electron chi connectivity index (χ3n) is 3.25. The highest BCUT2D eigenvalue weighted by atomic mass is 15.4.